The minimum absolute atomic E-state index is 0.237. The lowest BCUT2D eigenvalue weighted by molar-refractivity contribution is 0.0697. The van der Waals surface area contributed by atoms with Crippen molar-refractivity contribution in [1.82, 2.24) is 19.6 Å². The summed E-state index contributed by atoms with van der Waals surface area (Å²) in [5.74, 6) is -0.951. The molecule has 3 rings (SSSR count). The minimum atomic E-state index is -0.951. The van der Waals surface area contributed by atoms with Gasteiger partial charge >= 0.3 is 5.97 Å². The summed E-state index contributed by atoms with van der Waals surface area (Å²) in [5, 5.41) is 17.6. The van der Waals surface area contributed by atoms with Crippen molar-refractivity contribution in [2.45, 2.75) is 18.9 Å². The van der Waals surface area contributed by atoms with Crippen molar-refractivity contribution in [2.75, 3.05) is 0 Å². The molecule has 2 aromatic rings. The highest BCUT2D eigenvalue weighted by molar-refractivity contribution is 5.94. The molecule has 0 aromatic carbocycles. The van der Waals surface area contributed by atoms with Crippen molar-refractivity contribution >= 4 is 5.97 Å². The van der Waals surface area contributed by atoms with Gasteiger partial charge in [0.05, 0.1) is 11.7 Å². The summed E-state index contributed by atoms with van der Waals surface area (Å²) in [4.78, 5) is 11.2. The van der Waals surface area contributed by atoms with Crippen LogP contribution in [0.1, 0.15) is 29.2 Å². The van der Waals surface area contributed by atoms with Gasteiger partial charge in [0, 0.05) is 19.4 Å². The first-order valence-corrected chi connectivity index (χ1v) is 5.47. The van der Waals surface area contributed by atoms with Crippen LogP contribution >= 0.6 is 0 Å². The smallest absolute Gasteiger partial charge is 0.339 e. The van der Waals surface area contributed by atoms with Crippen molar-refractivity contribution in [3.05, 3.63) is 24.0 Å². The Morgan fingerprint density at radius 2 is 2.29 bits per heavy atom. The van der Waals surface area contributed by atoms with E-state index in [4.69, 9.17) is 0 Å². The Bertz CT molecular complexity index is 580. The summed E-state index contributed by atoms with van der Waals surface area (Å²) in [7, 11) is 1.77. The molecular weight excluding hydrogens is 220 g/mol. The molecule has 88 valence electrons. The van der Waals surface area contributed by atoms with Gasteiger partial charge < -0.3 is 5.11 Å². The molecule has 0 atom stereocenters. The maximum atomic E-state index is 11.2. The van der Waals surface area contributed by atoms with Crippen LogP contribution < -0.4 is 0 Å². The molecule has 1 aliphatic rings. The number of nitrogens with zero attached hydrogens (tertiary/aromatic N) is 4. The third-order valence-electron chi connectivity index (χ3n) is 2.95. The topological polar surface area (TPSA) is 72.9 Å². The summed E-state index contributed by atoms with van der Waals surface area (Å²) in [6, 6.07) is 2.14. The largest absolute Gasteiger partial charge is 0.478 e. The van der Waals surface area contributed by atoms with Gasteiger partial charge in [-0.3, -0.25) is 9.36 Å². The van der Waals surface area contributed by atoms with Crippen LogP contribution in [0.15, 0.2) is 18.5 Å². The van der Waals surface area contributed by atoms with Crippen LogP contribution in [0.5, 0.6) is 0 Å². The van der Waals surface area contributed by atoms with E-state index in [9.17, 15) is 9.90 Å². The van der Waals surface area contributed by atoms with Gasteiger partial charge in [0.15, 0.2) is 0 Å². The van der Waals surface area contributed by atoms with Gasteiger partial charge in [-0.15, -0.1) is 0 Å². The third kappa shape index (κ3) is 1.61. The molecule has 0 amide bonds. The molecule has 1 fully saturated rings. The minimum Gasteiger partial charge on any atom is -0.478 e. The summed E-state index contributed by atoms with van der Waals surface area (Å²) in [6.07, 6.45) is 5.40. The second-order valence-electron chi connectivity index (χ2n) is 4.25. The number of rotatable bonds is 3. The number of carboxylic acid groups (broad SMARTS) is 1. The molecular formula is C11H12N4O2. The molecule has 17 heavy (non-hydrogen) atoms. The molecule has 0 radical (unpaired) electrons. The van der Waals surface area contributed by atoms with Gasteiger partial charge in [0.2, 0.25) is 0 Å². The number of aromatic carboxylic acids is 1. The standard InChI is InChI=1S/C11H12N4O2/c1-14-9(4-5-12-14)10-8(11(16)17)6-15(13-10)7-2-3-7/h4-7H,2-3H2,1H3,(H,16,17). The number of carboxylic acids is 1. The van der Waals surface area contributed by atoms with Gasteiger partial charge in [-0.1, -0.05) is 0 Å². The Balaban J connectivity index is 2.14. The lowest BCUT2D eigenvalue weighted by Gasteiger charge is -1.99. The van der Waals surface area contributed by atoms with Gasteiger partial charge in [-0.05, 0) is 18.9 Å². The van der Waals surface area contributed by atoms with Crippen molar-refractivity contribution in [3.63, 3.8) is 0 Å². The quantitative estimate of drug-likeness (QED) is 0.866. The van der Waals surface area contributed by atoms with E-state index in [1.165, 1.54) is 0 Å². The van der Waals surface area contributed by atoms with E-state index in [-0.39, 0.29) is 5.56 Å². The molecule has 0 aliphatic heterocycles. The molecule has 6 heteroatoms. The molecule has 1 aliphatic carbocycles. The van der Waals surface area contributed by atoms with Crippen molar-refractivity contribution in [2.24, 2.45) is 7.05 Å². The first-order chi connectivity index (χ1) is 8.16. The highest BCUT2D eigenvalue weighted by atomic mass is 16.4. The van der Waals surface area contributed by atoms with Crippen LogP contribution in [-0.2, 0) is 7.05 Å². The van der Waals surface area contributed by atoms with Crippen molar-refractivity contribution < 1.29 is 9.90 Å². The van der Waals surface area contributed by atoms with E-state index in [1.807, 2.05) is 0 Å². The van der Waals surface area contributed by atoms with E-state index in [0.717, 1.165) is 18.5 Å². The van der Waals surface area contributed by atoms with E-state index < -0.39 is 5.97 Å². The maximum absolute atomic E-state index is 11.2. The summed E-state index contributed by atoms with van der Waals surface area (Å²) >= 11 is 0. The molecule has 6 nitrogen and oxygen atoms in total. The molecule has 0 saturated heterocycles. The second kappa shape index (κ2) is 3.44. The maximum Gasteiger partial charge on any atom is 0.339 e. The third-order valence-corrected chi connectivity index (χ3v) is 2.95. The lowest BCUT2D eigenvalue weighted by Crippen LogP contribution is -2.00. The predicted molar refractivity (Wildman–Crippen MR) is 59.7 cm³/mol. The van der Waals surface area contributed by atoms with Gasteiger partial charge in [-0.25, -0.2) is 4.79 Å². The molecule has 0 unspecified atom stereocenters. The zero-order chi connectivity index (χ0) is 12.0. The predicted octanol–water partition coefficient (Wildman–Crippen LogP) is 1.32. The molecule has 1 saturated carbocycles. The summed E-state index contributed by atoms with van der Waals surface area (Å²) in [6.45, 7) is 0. The van der Waals surface area contributed by atoms with Crippen LogP contribution in [0.3, 0.4) is 0 Å². The van der Waals surface area contributed by atoms with E-state index >= 15 is 0 Å². The molecule has 1 N–H and O–H groups in total. The zero-order valence-corrected chi connectivity index (χ0v) is 9.37. The zero-order valence-electron chi connectivity index (χ0n) is 9.37. The Morgan fingerprint density at radius 1 is 1.53 bits per heavy atom. The molecule has 0 bridgehead atoms. The monoisotopic (exact) mass is 232 g/mol. The Labute approximate surface area is 97.5 Å². The fourth-order valence-corrected chi connectivity index (χ4v) is 1.87. The van der Waals surface area contributed by atoms with Crippen LogP contribution in [0, 0.1) is 0 Å². The fourth-order valence-electron chi connectivity index (χ4n) is 1.87. The Kier molecular flexibility index (Phi) is 2.04. The Hall–Kier alpha value is -2.11. The molecule has 2 heterocycles. The van der Waals surface area contributed by atoms with E-state index in [2.05, 4.69) is 10.2 Å². The number of aromatic nitrogens is 4. The molecule has 0 spiro atoms. The first kappa shape index (κ1) is 10.1. The second-order valence-corrected chi connectivity index (χ2v) is 4.25. The number of aryl methyl sites for hydroxylation is 1. The van der Waals surface area contributed by atoms with Crippen molar-refractivity contribution in [3.8, 4) is 11.4 Å². The highest BCUT2D eigenvalue weighted by Gasteiger charge is 2.28. The first-order valence-electron chi connectivity index (χ1n) is 5.47. The molecule has 2 aromatic heterocycles. The lowest BCUT2D eigenvalue weighted by atomic mass is 10.2. The Morgan fingerprint density at radius 3 is 2.82 bits per heavy atom. The summed E-state index contributed by atoms with van der Waals surface area (Å²) in [5.41, 5.74) is 1.45. The van der Waals surface area contributed by atoms with Gasteiger partial charge in [0.1, 0.15) is 11.3 Å². The van der Waals surface area contributed by atoms with Crippen molar-refractivity contribution in [1.29, 1.82) is 0 Å². The number of hydrogen-bond acceptors (Lipinski definition) is 3. The van der Waals surface area contributed by atoms with E-state index in [1.54, 1.807) is 34.9 Å². The van der Waals surface area contributed by atoms with Gasteiger partial charge in [-0.2, -0.15) is 10.2 Å². The van der Waals surface area contributed by atoms with E-state index in [0.29, 0.717) is 11.7 Å². The SMILES string of the molecule is Cn1nccc1-c1nn(C2CC2)cc1C(=O)O. The average molecular weight is 232 g/mol. The average Bonchev–Trinajstić information content (AvgIpc) is 2.89. The summed E-state index contributed by atoms with van der Waals surface area (Å²) < 4.78 is 3.39. The van der Waals surface area contributed by atoms with Gasteiger partial charge in [0.25, 0.3) is 0 Å². The van der Waals surface area contributed by atoms with Crippen LogP contribution in [0.2, 0.25) is 0 Å². The fraction of sp³-hybridized carbons (Fsp3) is 0.364. The number of carbonyl (C=O) groups is 1. The van der Waals surface area contributed by atoms with Crippen LogP contribution in [0.25, 0.3) is 11.4 Å². The van der Waals surface area contributed by atoms with Crippen LogP contribution in [0.4, 0.5) is 0 Å². The highest BCUT2D eigenvalue weighted by Crippen LogP contribution is 2.36. The van der Waals surface area contributed by atoms with Crippen LogP contribution in [-0.4, -0.2) is 30.6 Å². The normalized spacial score (nSPS) is 15.1. The number of hydrogen-bond donors (Lipinski definition) is 1.